The summed E-state index contributed by atoms with van der Waals surface area (Å²) in [6.07, 6.45) is 0. The molecule has 12 rings (SSSR count). The SMILES string of the molecule is c1ccc(-c2nc(-c3ccc4c(c3)oc3ccc(-c5cccc6sc7c(-c8ccccc8)cccc7c56)cc34)nc(-n3c4ccccc4c4ccccc43)n2)cc1. The van der Waals surface area contributed by atoms with Gasteiger partial charge in [0.25, 0.3) is 0 Å². The quantitative estimate of drug-likeness (QED) is 0.176. The number of thiophene rings is 1. The van der Waals surface area contributed by atoms with Crippen LogP contribution in [0.2, 0.25) is 0 Å². The summed E-state index contributed by atoms with van der Waals surface area (Å²) in [6, 6.07) is 63.8. The first-order valence-corrected chi connectivity index (χ1v) is 19.8. The van der Waals surface area contributed by atoms with E-state index >= 15 is 0 Å². The zero-order valence-corrected chi connectivity index (χ0v) is 31.2. The van der Waals surface area contributed by atoms with Crippen LogP contribution < -0.4 is 0 Å². The average molecular weight is 747 g/mol. The van der Waals surface area contributed by atoms with E-state index in [9.17, 15) is 0 Å². The lowest BCUT2D eigenvalue weighted by Crippen LogP contribution is -2.06. The van der Waals surface area contributed by atoms with Gasteiger partial charge in [-0.2, -0.15) is 9.97 Å². The minimum atomic E-state index is 0.566. The molecule has 0 aliphatic carbocycles. The number of hydrogen-bond donors (Lipinski definition) is 0. The summed E-state index contributed by atoms with van der Waals surface area (Å²) in [5.41, 5.74) is 10.4. The molecule has 0 saturated heterocycles. The van der Waals surface area contributed by atoms with Gasteiger partial charge in [0.05, 0.1) is 11.0 Å². The Balaban J connectivity index is 1.01. The second-order valence-electron chi connectivity index (χ2n) is 14.4. The fraction of sp³-hybridized carbons (Fsp3) is 0. The van der Waals surface area contributed by atoms with E-state index in [0.717, 1.165) is 60.4 Å². The normalized spacial score (nSPS) is 11.9. The fourth-order valence-corrected chi connectivity index (χ4v) is 9.73. The third-order valence-electron chi connectivity index (χ3n) is 11.1. The van der Waals surface area contributed by atoms with Crippen molar-refractivity contribution in [2.24, 2.45) is 0 Å². The third kappa shape index (κ3) is 5.04. The second-order valence-corrected chi connectivity index (χ2v) is 15.4. The number of para-hydroxylation sites is 2. The summed E-state index contributed by atoms with van der Waals surface area (Å²) < 4.78 is 11.3. The summed E-state index contributed by atoms with van der Waals surface area (Å²) in [4.78, 5) is 15.3. The van der Waals surface area contributed by atoms with Crippen molar-refractivity contribution >= 4 is 75.3 Å². The lowest BCUT2D eigenvalue weighted by molar-refractivity contribution is 0.669. The molecule has 4 aromatic heterocycles. The van der Waals surface area contributed by atoms with Crippen molar-refractivity contribution in [3.8, 4) is 51.0 Å². The Hall–Kier alpha value is -7.41. The van der Waals surface area contributed by atoms with E-state index in [4.69, 9.17) is 19.4 Å². The van der Waals surface area contributed by atoms with Gasteiger partial charge in [0.2, 0.25) is 5.95 Å². The van der Waals surface area contributed by atoms with E-state index in [0.29, 0.717) is 17.6 Å². The highest BCUT2D eigenvalue weighted by atomic mass is 32.1. The number of hydrogen-bond acceptors (Lipinski definition) is 5. The van der Waals surface area contributed by atoms with Crippen molar-refractivity contribution in [1.82, 2.24) is 19.5 Å². The lowest BCUT2D eigenvalue weighted by atomic mass is 9.96. The third-order valence-corrected chi connectivity index (χ3v) is 12.3. The highest BCUT2D eigenvalue weighted by Crippen LogP contribution is 2.45. The molecule has 0 radical (unpaired) electrons. The first-order chi connectivity index (χ1) is 28.2. The van der Waals surface area contributed by atoms with E-state index < -0.39 is 0 Å². The number of nitrogens with zero attached hydrogens (tertiary/aromatic N) is 4. The maximum atomic E-state index is 6.57. The predicted octanol–water partition coefficient (Wildman–Crippen LogP) is 13.9. The van der Waals surface area contributed by atoms with Crippen LogP contribution in [-0.4, -0.2) is 19.5 Å². The monoisotopic (exact) mass is 746 g/mol. The Morgan fingerprint density at radius 2 is 1.04 bits per heavy atom. The molecule has 266 valence electrons. The molecule has 0 unspecified atom stereocenters. The van der Waals surface area contributed by atoms with Crippen LogP contribution in [0.3, 0.4) is 0 Å². The predicted molar refractivity (Wildman–Crippen MR) is 236 cm³/mol. The zero-order valence-electron chi connectivity index (χ0n) is 30.4. The maximum absolute atomic E-state index is 6.57. The lowest BCUT2D eigenvalue weighted by Gasteiger charge is -2.10. The molecule has 0 N–H and O–H groups in total. The molecule has 0 fully saturated rings. The molecule has 0 atom stereocenters. The maximum Gasteiger partial charge on any atom is 0.238 e. The van der Waals surface area contributed by atoms with Crippen LogP contribution in [0.5, 0.6) is 0 Å². The molecule has 8 aromatic carbocycles. The van der Waals surface area contributed by atoms with Crippen LogP contribution >= 0.6 is 11.3 Å². The number of rotatable bonds is 5. The number of furan rings is 1. The van der Waals surface area contributed by atoms with Gasteiger partial charge in [-0.25, -0.2) is 4.98 Å². The van der Waals surface area contributed by atoms with Crippen molar-refractivity contribution in [2.45, 2.75) is 0 Å². The number of aromatic nitrogens is 4. The van der Waals surface area contributed by atoms with E-state index in [1.165, 1.54) is 36.9 Å². The van der Waals surface area contributed by atoms with Gasteiger partial charge in [-0.05, 0) is 64.7 Å². The van der Waals surface area contributed by atoms with Gasteiger partial charge >= 0.3 is 0 Å². The molecule has 0 bridgehead atoms. The summed E-state index contributed by atoms with van der Waals surface area (Å²) >= 11 is 1.86. The van der Waals surface area contributed by atoms with Crippen LogP contribution in [0.4, 0.5) is 0 Å². The Kier molecular flexibility index (Phi) is 7.03. The first kappa shape index (κ1) is 31.9. The largest absolute Gasteiger partial charge is 0.456 e. The summed E-state index contributed by atoms with van der Waals surface area (Å²) in [5, 5.41) is 6.99. The Bertz CT molecular complexity index is 3470. The van der Waals surface area contributed by atoms with Gasteiger partial charge < -0.3 is 4.42 Å². The molecule has 0 spiro atoms. The highest BCUT2D eigenvalue weighted by Gasteiger charge is 2.20. The molecule has 6 heteroatoms. The van der Waals surface area contributed by atoms with E-state index in [2.05, 4.69) is 156 Å². The van der Waals surface area contributed by atoms with Gasteiger partial charge in [-0.3, -0.25) is 4.57 Å². The molecule has 12 aromatic rings. The number of fused-ring (bicyclic) bond motifs is 9. The van der Waals surface area contributed by atoms with E-state index in [1.54, 1.807) is 0 Å². The summed E-state index contributed by atoms with van der Waals surface area (Å²) in [7, 11) is 0. The van der Waals surface area contributed by atoms with Crippen molar-refractivity contribution in [1.29, 1.82) is 0 Å². The van der Waals surface area contributed by atoms with Gasteiger partial charge in [0, 0.05) is 52.8 Å². The first-order valence-electron chi connectivity index (χ1n) is 19.0. The van der Waals surface area contributed by atoms with Gasteiger partial charge in [-0.15, -0.1) is 11.3 Å². The summed E-state index contributed by atoms with van der Waals surface area (Å²) in [6.45, 7) is 0. The van der Waals surface area contributed by atoms with Crippen molar-refractivity contribution < 1.29 is 4.42 Å². The van der Waals surface area contributed by atoms with Gasteiger partial charge in [0.15, 0.2) is 11.6 Å². The minimum absolute atomic E-state index is 0.566. The van der Waals surface area contributed by atoms with Gasteiger partial charge in [-0.1, -0.05) is 140 Å². The zero-order chi connectivity index (χ0) is 37.5. The van der Waals surface area contributed by atoms with E-state index in [-0.39, 0.29) is 0 Å². The molecule has 4 heterocycles. The average Bonchev–Trinajstić information content (AvgIpc) is 3.96. The highest BCUT2D eigenvalue weighted by molar-refractivity contribution is 7.26. The van der Waals surface area contributed by atoms with Crippen LogP contribution in [0.1, 0.15) is 0 Å². The molecular formula is C51H30N4OS. The van der Waals surface area contributed by atoms with Gasteiger partial charge in [0.1, 0.15) is 11.2 Å². The molecule has 57 heavy (non-hydrogen) atoms. The van der Waals surface area contributed by atoms with Crippen LogP contribution in [-0.2, 0) is 0 Å². The molecule has 5 nitrogen and oxygen atoms in total. The Morgan fingerprint density at radius 3 is 1.81 bits per heavy atom. The summed E-state index contributed by atoms with van der Waals surface area (Å²) in [5.74, 6) is 1.75. The Labute approximate surface area is 330 Å². The Morgan fingerprint density at radius 1 is 0.404 bits per heavy atom. The topological polar surface area (TPSA) is 56.7 Å². The van der Waals surface area contributed by atoms with Crippen molar-refractivity contribution in [3.05, 3.63) is 182 Å². The van der Waals surface area contributed by atoms with Crippen LogP contribution in [0.15, 0.2) is 186 Å². The minimum Gasteiger partial charge on any atom is -0.456 e. The molecule has 0 aliphatic heterocycles. The van der Waals surface area contributed by atoms with Crippen LogP contribution in [0, 0.1) is 0 Å². The molecular weight excluding hydrogens is 717 g/mol. The van der Waals surface area contributed by atoms with Crippen molar-refractivity contribution in [2.75, 3.05) is 0 Å². The standard InChI is InChI=1S/C51H30N4OS/c1-3-13-31(14-4-1)36-20-11-21-40-47-35(19-12-24-46(47)57-48(36)40)33-26-28-44-41(29-33)39-27-25-34(30-45(39)56-44)50-52-49(32-15-5-2-6-16-32)53-51(54-50)55-42-22-9-7-17-37(42)38-18-8-10-23-43(38)55/h1-30H. The smallest absolute Gasteiger partial charge is 0.238 e. The molecule has 0 saturated carbocycles. The second kappa shape index (κ2) is 12.6. The molecule has 0 aliphatic rings. The van der Waals surface area contributed by atoms with Crippen LogP contribution in [0.25, 0.3) is 115 Å². The van der Waals surface area contributed by atoms with Crippen molar-refractivity contribution in [3.63, 3.8) is 0 Å². The fourth-order valence-electron chi connectivity index (χ4n) is 8.47. The number of benzene rings is 8. The molecule has 0 amide bonds. The van der Waals surface area contributed by atoms with E-state index in [1.807, 2.05) is 41.7 Å².